The Morgan fingerprint density at radius 1 is 1.27 bits per heavy atom. The normalized spacial score (nSPS) is 20.1. The predicted octanol–water partition coefficient (Wildman–Crippen LogP) is 3.69. The highest BCUT2D eigenvalue weighted by molar-refractivity contribution is 6.12. The molecule has 0 bridgehead atoms. The molecule has 0 saturated heterocycles. The fraction of sp³-hybridized carbons (Fsp3) is 0.364. The number of hydrogen-bond acceptors (Lipinski definition) is 5. The second-order valence-corrected chi connectivity index (χ2v) is 7.93. The van der Waals surface area contributed by atoms with Gasteiger partial charge in [0.25, 0.3) is 5.91 Å². The molecule has 1 saturated carbocycles. The molecule has 1 fully saturated rings. The van der Waals surface area contributed by atoms with Gasteiger partial charge < -0.3 is 26.5 Å². The second kappa shape index (κ2) is 8.41. The summed E-state index contributed by atoms with van der Waals surface area (Å²) in [5.74, 6) is -0.710. The van der Waals surface area contributed by atoms with Gasteiger partial charge in [-0.15, -0.1) is 0 Å². The van der Waals surface area contributed by atoms with Crippen molar-refractivity contribution in [3.63, 3.8) is 0 Å². The molecule has 0 radical (unpaired) electrons. The molecule has 7 nitrogen and oxygen atoms in total. The van der Waals surface area contributed by atoms with Crippen molar-refractivity contribution in [2.45, 2.75) is 50.8 Å². The van der Waals surface area contributed by atoms with Crippen molar-refractivity contribution < 1.29 is 14.3 Å². The van der Waals surface area contributed by atoms with Crippen LogP contribution in [0.2, 0.25) is 0 Å². The molecule has 0 aliphatic heterocycles. The zero-order chi connectivity index (χ0) is 21.3. The van der Waals surface area contributed by atoms with Gasteiger partial charge in [-0.2, -0.15) is 0 Å². The van der Waals surface area contributed by atoms with Gasteiger partial charge in [-0.1, -0.05) is 0 Å². The number of aliphatic hydroxyl groups excluding tert-OH is 1. The molecule has 1 aliphatic carbocycles. The maximum absolute atomic E-state index is 13.2. The number of pyridine rings is 1. The first-order valence-corrected chi connectivity index (χ1v) is 10.2. The third kappa shape index (κ3) is 4.29. The van der Waals surface area contributed by atoms with Crippen molar-refractivity contribution in [2.75, 3.05) is 10.6 Å². The number of carbonyl (C=O) groups is 1. The molecule has 1 aromatic carbocycles. The van der Waals surface area contributed by atoms with Crippen molar-refractivity contribution >= 4 is 28.3 Å². The van der Waals surface area contributed by atoms with Crippen LogP contribution < -0.4 is 16.4 Å². The van der Waals surface area contributed by atoms with E-state index in [-0.39, 0.29) is 23.8 Å². The third-order valence-corrected chi connectivity index (χ3v) is 5.60. The van der Waals surface area contributed by atoms with Gasteiger partial charge in [0.15, 0.2) is 0 Å². The van der Waals surface area contributed by atoms with Crippen LogP contribution in [0.3, 0.4) is 0 Å². The summed E-state index contributed by atoms with van der Waals surface area (Å²) in [6.07, 6.45) is 4.51. The summed E-state index contributed by atoms with van der Waals surface area (Å²) in [5, 5.41) is 17.0. The zero-order valence-electron chi connectivity index (χ0n) is 16.8. The summed E-state index contributed by atoms with van der Waals surface area (Å²) in [7, 11) is 0. The number of rotatable bonds is 5. The van der Waals surface area contributed by atoms with Crippen LogP contribution in [-0.2, 0) is 0 Å². The number of benzene rings is 1. The number of carbonyl (C=O) groups excluding carboxylic acids is 1. The lowest BCUT2D eigenvalue weighted by Gasteiger charge is -2.28. The molecular formula is C22H26FN5O2. The molecule has 30 heavy (non-hydrogen) atoms. The van der Waals surface area contributed by atoms with Gasteiger partial charge in [0.1, 0.15) is 11.5 Å². The monoisotopic (exact) mass is 411 g/mol. The number of nitrogens with zero attached hydrogens (tertiary/aromatic N) is 1. The van der Waals surface area contributed by atoms with E-state index in [2.05, 4.69) is 20.6 Å². The van der Waals surface area contributed by atoms with Gasteiger partial charge in [-0.05, 0) is 62.9 Å². The lowest BCUT2D eigenvalue weighted by atomic mass is 9.91. The summed E-state index contributed by atoms with van der Waals surface area (Å²) in [6, 6.07) is 7.84. The molecule has 3 aromatic rings. The van der Waals surface area contributed by atoms with Crippen LogP contribution >= 0.6 is 0 Å². The molecule has 8 heteroatoms. The quantitative estimate of drug-likeness (QED) is 0.439. The summed E-state index contributed by atoms with van der Waals surface area (Å²) in [4.78, 5) is 20.5. The van der Waals surface area contributed by atoms with Crippen molar-refractivity contribution in [2.24, 2.45) is 5.73 Å². The molecule has 1 amide bonds. The van der Waals surface area contributed by atoms with Crippen LogP contribution in [0.15, 0.2) is 36.5 Å². The van der Waals surface area contributed by atoms with Crippen LogP contribution in [0.4, 0.5) is 15.8 Å². The Morgan fingerprint density at radius 3 is 2.63 bits per heavy atom. The van der Waals surface area contributed by atoms with E-state index in [1.54, 1.807) is 6.92 Å². The Hall–Kier alpha value is -2.97. The molecule has 0 spiro atoms. The second-order valence-electron chi connectivity index (χ2n) is 7.93. The maximum Gasteiger partial charge on any atom is 0.259 e. The molecule has 1 unspecified atom stereocenters. The molecule has 6 N–H and O–H groups in total. The summed E-state index contributed by atoms with van der Waals surface area (Å²) in [5.41, 5.74) is 8.81. The highest BCUT2D eigenvalue weighted by Gasteiger charge is 2.23. The fourth-order valence-electron chi connectivity index (χ4n) is 3.85. The highest BCUT2D eigenvalue weighted by Crippen LogP contribution is 2.32. The molecule has 4 rings (SSSR count). The Bertz CT molecular complexity index is 1040. The zero-order valence-corrected chi connectivity index (χ0v) is 16.8. The van der Waals surface area contributed by atoms with Gasteiger partial charge in [0.2, 0.25) is 0 Å². The Labute approximate surface area is 173 Å². The first-order valence-electron chi connectivity index (χ1n) is 10.2. The van der Waals surface area contributed by atoms with E-state index in [1.165, 1.54) is 30.5 Å². The lowest BCUT2D eigenvalue weighted by molar-refractivity contribution is 0.102. The van der Waals surface area contributed by atoms with Gasteiger partial charge >= 0.3 is 0 Å². The minimum atomic E-state index is -0.684. The van der Waals surface area contributed by atoms with Crippen molar-refractivity contribution in [3.05, 3.63) is 53.6 Å². The number of aromatic amines is 1. The maximum atomic E-state index is 13.2. The predicted molar refractivity (Wildman–Crippen MR) is 115 cm³/mol. The topological polar surface area (TPSA) is 116 Å². The lowest BCUT2D eigenvalue weighted by Crippen LogP contribution is -2.33. The standard InChI is InChI=1S/C22H26FN5O2/c1-12(29)19-10-17-20(26-15-8-4-14(24)5-9-15)18(11-25-21(17)28-19)22(30)27-16-6-2-13(23)3-7-16/h2-3,6-7,10-12,14-15,29H,4-5,8-9,24H2,1H3,(H,27,30)(H2,25,26,28). The first-order chi connectivity index (χ1) is 14.4. The largest absolute Gasteiger partial charge is 0.387 e. The molecular weight excluding hydrogens is 385 g/mol. The number of fused-ring (bicyclic) bond motifs is 1. The van der Waals surface area contributed by atoms with E-state index < -0.39 is 6.10 Å². The van der Waals surface area contributed by atoms with E-state index in [1.807, 2.05) is 6.07 Å². The van der Waals surface area contributed by atoms with Crippen molar-refractivity contribution in [1.82, 2.24) is 9.97 Å². The van der Waals surface area contributed by atoms with Gasteiger partial charge in [-0.25, -0.2) is 9.37 Å². The van der Waals surface area contributed by atoms with E-state index >= 15 is 0 Å². The van der Waals surface area contributed by atoms with E-state index in [0.717, 1.165) is 31.1 Å². The van der Waals surface area contributed by atoms with Crippen LogP contribution in [0, 0.1) is 5.82 Å². The minimum Gasteiger partial charge on any atom is -0.387 e. The molecule has 158 valence electrons. The number of nitrogens with one attached hydrogen (secondary N) is 3. The van der Waals surface area contributed by atoms with Crippen LogP contribution in [0.1, 0.15) is 54.8 Å². The van der Waals surface area contributed by atoms with Crippen LogP contribution in [0.5, 0.6) is 0 Å². The Balaban J connectivity index is 1.69. The average Bonchev–Trinajstić information content (AvgIpc) is 3.17. The summed E-state index contributed by atoms with van der Waals surface area (Å²) < 4.78 is 13.2. The molecule has 1 atom stereocenters. The summed E-state index contributed by atoms with van der Waals surface area (Å²) >= 11 is 0. The highest BCUT2D eigenvalue weighted by atomic mass is 19.1. The van der Waals surface area contributed by atoms with Crippen molar-refractivity contribution in [1.29, 1.82) is 0 Å². The third-order valence-electron chi connectivity index (χ3n) is 5.60. The molecule has 1 aliphatic rings. The van der Waals surface area contributed by atoms with E-state index in [9.17, 15) is 14.3 Å². The van der Waals surface area contributed by atoms with E-state index in [0.29, 0.717) is 28.3 Å². The number of H-pyrrole nitrogens is 1. The van der Waals surface area contributed by atoms with Gasteiger partial charge in [0.05, 0.1) is 17.4 Å². The number of halogens is 1. The summed E-state index contributed by atoms with van der Waals surface area (Å²) in [6.45, 7) is 1.67. The van der Waals surface area contributed by atoms with Gasteiger partial charge in [-0.3, -0.25) is 4.79 Å². The minimum absolute atomic E-state index is 0.192. The Kier molecular flexibility index (Phi) is 5.69. The average molecular weight is 411 g/mol. The van der Waals surface area contributed by atoms with E-state index in [4.69, 9.17) is 5.73 Å². The van der Waals surface area contributed by atoms with Crippen LogP contribution in [0.25, 0.3) is 11.0 Å². The van der Waals surface area contributed by atoms with Gasteiger partial charge in [0, 0.05) is 35.0 Å². The number of hydrogen-bond donors (Lipinski definition) is 5. The molecule has 2 heterocycles. The number of anilines is 2. The Morgan fingerprint density at radius 2 is 1.97 bits per heavy atom. The number of amides is 1. The fourth-order valence-corrected chi connectivity index (χ4v) is 3.85. The number of aliphatic hydroxyl groups is 1. The molecule has 2 aromatic heterocycles. The smallest absolute Gasteiger partial charge is 0.259 e. The SMILES string of the molecule is CC(O)c1cc2c(NC3CCC(N)CC3)c(C(=O)Nc3ccc(F)cc3)cnc2[nH]1. The number of nitrogens with two attached hydrogens (primary N) is 1. The van der Waals surface area contributed by atoms with Crippen molar-refractivity contribution in [3.8, 4) is 0 Å². The van der Waals surface area contributed by atoms with Crippen LogP contribution in [-0.4, -0.2) is 33.1 Å². The first kappa shape index (κ1) is 20.3. The number of aromatic nitrogens is 2.